The largest absolute Gasteiger partial charge is 0.481 e. The Hall–Kier alpha value is -3.42. The molecule has 0 aliphatic carbocycles. The fourth-order valence-corrected chi connectivity index (χ4v) is 2.01. The Morgan fingerprint density at radius 3 is 2.96 bits per heavy atom. The van der Waals surface area contributed by atoms with E-state index in [1.54, 1.807) is 36.7 Å². The van der Waals surface area contributed by atoms with Crippen LogP contribution in [0.25, 0.3) is 11.1 Å². The minimum atomic E-state index is -0.444. The van der Waals surface area contributed by atoms with Crippen molar-refractivity contribution in [3.63, 3.8) is 0 Å². The Kier molecular flexibility index (Phi) is 3.88. The minimum absolute atomic E-state index is 0.348. The second-order valence-corrected chi connectivity index (χ2v) is 4.60. The van der Waals surface area contributed by atoms with Gasteiger partial charge in [0, 0.05) is 30.9 Å². The van der Waals surface area contributed by atoms with Gasteiger partial charge in [-0.05, 0) is 23.8 Å². The molecule has 8 heteroatoms. The molecule has 3 aromatic heterocycles. The Balaban J connectivity index is 1.88. The van der Waals surface area contributed by atoms with Crippen molar-refractivity contribution in [3.05, 3.63) is 65.0 Å². The number of hydrogen-bond acceptors (Lipinski definition) is 5. The summed E-state index contributed by atoms with van der Waals surface area (Å²) in [6.07, 6.45) is 6.02. The third-order valence-electron chi connectivity index (χ3n) is 3.16. The standard InChI is InChI=1S/C15H13N5O3/c1-23-13-7-10(4-6-17-13)12-9-18-20(15(12)22)19-14(21)11-3-2-5-16-8-11/h2-9,18H,1H3,(H,19,21). The van der Waals surface area contributed by atoms with Gasteiger partial charge in [0.25, 0.3) is 11.5 Å². The lowest BCUT2D eigenvalue weighted by atomic mass is 10.1. The van der Waals surface area contributed by atoms with Crippen molar-refractivity contribution in [3.8, 4) is 17.0 Å². The third-order valence-corrected chi connectivity index (χ3v) is 3.16. The SMILES string of the molecule is COc1cc(-c2c[nH]n(NC(=O)c3cccnc3)c2=O)ccn1. The monoisotopic (exact) mass is 311 g/mol. The number of carbonyl (C=O) groups is 1. The van der Waals surface area contributed by atoms with Gasteiger partial charge >= 0.3 is 0 Å². The van der Waals surface area contributed by atoms with E-state index < -0.39 is 11.5 Å². The molecule has 0 fully saturated rings. The number of nitrogens with one attached hydrogen (secondary N) is 2. The first-order chi connectivity index (χ1) is 11.2. The molecule has 0 bridgehead atoms. The summed E-state index contributed by atoms with van der Waals surface area (Å²) in [6, 6.07) is 6.56. The molecule has 3 aromatic rings. The van der Waals surface area contributed by atoms with Gasteiger partial charge in [-0.3, -0.25) is 19.7 Å². The molecular weight excluding hydrogens is 298 g/mol. The van der Waals surface area contributed by atoms with E-state index in [4.69, 9.17) is 4.74 Å². The number of carbonyl (C=O) groups excluding carboxylic acids is 1. The smallest absolute Gasteiger partial charge is 0.293 e. The molecule has 3 heterocycles. The Morgan fingerprint density at radius 1 is 1.35 bits per heavy atom. The van der Waals surface area contributed by atoms with Crippen LogP contribution in [0.3, 0.4) is 0 Å². The Labute approximate surface area is 130 Å². The molecule has 1 amide bonds. The van der Waals surface area contributed by atoms with Crippen molar-refractivity contribution in [1.29, 1.82) is 0 Å². The van der Waals surface area contributed by atoms with Crippen LogP contribution < -0.4 is 15.7 Å². The van der Waals surface area contributed by atoms with Gasteiger partial charge in [-0.25, -0.2) is 10.4 Å². The highest BCUT2D eigenvalue weighted by molar-refractivity contribution is 5.99. The lowest BCUT2D eigenvalue weighted by molar-refractivity contribution is 0.100. The summed E-state index contributed by atoms with van der Waals surface area (Å²) >= 11 is 0. The molecule has 8 nitrogen and oxygen atoms in total. The zero-order chi connectivity index (χ0) is 16.2. The summed E-state index contributed by atoms with van der Waals surface area (Å²) in [7, 11) is 1.50. The quantitative estimate of drug-likeness (QED) is 0.749. The summed E-state index contributed by atoms with van der Waals surface area (Å²) < 4.78 is 5.04. The van der Waals surface area contributed by atoms with Crippen molar-refractivity contribution in [2.75, 3.05) is 12.5 Å². The van der Waals surface area contributed by atoms with Crippen LogP contribution in [0, 0.1) is 0 Å². The number of methoxy groups -OCH3 is 1. The van der Waals surface area contributed by atoms with Gasteiger partial charge in [0.1, 0.15) is 0 Å². The van der Waals surface area contributed by atoms with Crippen LogP contribution in [-0.4, -0.2) is 32.9 Å². The van der Waals surface area contributed by atoms with E-state index in [2.05, 4.69) is 20.5 Å². The number of aromatic amines is 1. The van der Waals surface area contributed by atoms with Crippen LogP contribution in [0.4, 0.5) is 0 Å². The predicted molar refractivity (Wildman–Crippen MR) is 82.8 cm³/mol. The minimum Gasteiger partial charge on any atom is -0.481 e. The third kappa shape index (κ3) is 2.95. The van der Waals surface area contributed by atoms with Crippen molar-refractivity contribution >= 4 is 5.91 Å². The molecule has 23 heavy (non-hydrogen) atoms. The molecule has 0 saturated heterocycles. The number of H-pyrrole nitrogens is 1. The fourth-order valence-electron chi connectivity index (χ4n) is 2.01. The number of amides is 1. The number of hydrogen-bond donors (Lipinski definition) is 2. The van der Waals surface area contributed by atoms with Gasteiger partial charge in [0.05, 0.1) is 18.2 Å². The highest BCUT2D eigenvalue weighted by Gasteiger charge is 2.12. The van der Waals surface area contributed by atoms with Gasteiger partial charge in [-0.15, -0.1) is 0 Å². The van der Waals surface area contributed by atoms with E-state index in [0.29, 0.717) is 22.6 Å². The number of ether oxygens (including phenoxy) is 1. The van der Waals surface area contributed by atoms with Gasteiger partial charge in [0.2, 0.25) is 5.88 Å². The maximum absolute atomic E-state index is 12.4. The second-order valence-electron chi connectivity index (χ2n) is 4.60. The molecular formula is C15H13N5O3. The van der Waals surface area contributed by atoms with Crippen LogP contribution in [0.5, 0.6) is 5.88 Å². The van der Waals surface area contributed by atoms with Gasteiger partial charge in [0.15, 0.2) is 0 Å². The van der Waals surface area contributed by atoms with E-state index in [1.165, 1.54) is 19.5 Å². The first-order valence-corrected chi connectivity index (χ1v) is 6.71. The summed E-state index contributed by atoms with van der Waals surface area (Å²) in [5, 5.41) is 2.70. The fraction of sp³-hybridized carbons (Fsp3) is 0.0667. The predicted octanol–water partition coefficient (Wildman–Crippen LogP) is 1.03. The summed E-state index contributed by atoms with van der Waals surface area (Å²) in [4.78, 5) is 33.3. The van der Waals surface area contributed by atoms with Crippen LogP contribution in [-0.2, 0) is 0 Å². The van der Waals surface area contributed by atoms with E-state index in [9.17, 15) is 9.59 Å². The van der Waals surface area contributed by atoms with E-state index >= 15 is 0 Å². The van der Waals surface area contributed by atoms with Gasteiger partial charge in [-0.1, -0.05) is 0 Å². The van der Waals surface area contributed by atoms with E-state index in [0.717, 1.165) is 4.79 Å². The molecule has 0 unspecified atom stereocenters. The molecule has 0 aromatic carbocycles. The maximum atomic E-state index is 12.4. The lowest BCUT2D eigenvalue weighted by Crippen LogP contribution is -2.32. The van der Waals surface area contributed by atoms with Crippen LogP contribution >= 0.6 is 0 Å². The van der Waals surface area contributed by atoms with Crippen molar-refractivity contribution in [2.45, 2.75) is 0 Å². The van der Waals surface area contributed by atoms with Crippen molar-refractivity contribution in [1.82, 2.24) is 19.9 Å². The Morgan fingerprint density at radius 2 is 2.22 bits per heavy atom. The average Bonchev–Trinajstić information content (AvgIpc) is 2.96. The zero-order valence-corrected chi connectivity index (χ0v) is 12.2. The first-order valence-electron chi connectivity index (χ1n) is 6.71. The normalized spacial score (nSPS) is 10.3. The number of nitrogens with zero attached hydrogens (tertiary/aromatic N) is 3. The summed E-state index contributed by atoms with van der Waals surface area (Å²) in [5.74, 6) is -0.0463. The first kappa shape index (κ1) is 14.5. The molecule has 0 atom stereocenters. The summed E-state index contributed by atoms with van der Waals surface area (Å²) in [5.41, 5.74) is 3.44. The zero-order valence-electron chi connectivity index (χ0n) is 12.2. The number of pyridine rings is 2. The molecule has 0 spiro atoms. The van der Waals surface area contributed by atoms with Crippen LogP contribution in [0.15, 0.2) is 53.8 Å². The van der Waals surface area contributed by atoms with E-state index in [-0.39, 0.29) is 0 Å². The van der Waals surface area contributed by atoms with Crippen LogP contribution in [0.1, 0.15) is 10.4 Å². The van der Waals surface area contributed by atoms with Gasteiger partial charge in [-0.2, -0.15) is 4.79 Å². The molecule has 3 rings (SSSR count). The molecule has 2 N–H and O–H groups in total. The lowest BCUT2D eigenvalue weighted by Gasteiger charge is -2.04. The molecule has 0 aliphatic rings. The molecule has 116 valence electrons. The number of aromatic nitrogens is 4. The van der Waals surface area contributed by atoms with Crippen LogP contribution in [0.2, 0.25) is 0 Å². The van der Waals surface area contributed by atoms with Gasteiger partial charge < -0.3 is 4.74 Å². The second kappa shape index (κ2) is 6.14. The topological polar surface area (TPSA) is 102 Å². The highest BCUT2D eigenvalue weighted by atomic mass is 16.5. The molecule has 0 aliphatic heterocycles. The van der Waals surface area contributed by atoms with Crippen molar-refractivity contribution < 1.29 is 9.53 Å². The number of rotatable bonds is 4. The summed E-state index contributed by atoms with van der Waals surface area (Å²) in [6.45, 7) is 0. The molecule has 0 radical (unpaired) electrons. The Bertz CT molecular complexity index is 885. The maximum Gasteiger partial charge on any atom is 0.293 e. The molecule has 0 saturated carbocycles. The van der Waals surface area contributed by atoms with Crippen molar-refractivity contribution in [2.24, 2.45) is 0 Å². The van der Waals surface area contributed by atoms with E-state index in [1.807, 2.05) is 0 Å². The average molecular weight is 311 g/mol. The highest BCUT2D eigenvalue weighted by Crippen LogP contribution is 2.18.